The zero-order valence-electron chi connectivity index (χ0n) is 29.8. The average molecular weight is 603 g/mol. The minimum absolute atomic E-state index is 0.961. The molecule has 250 valence electrons. The van der Waals surface area contributed by atoms with Crippen molar-refractivity contribution < 1.29 is 0 Å². The van der Waals surface area contributed by atoms with Gasteiger partial charge in [-0.25, -0.2) is 0 Å². The molecule has 0 aliphatic heterocycles. The van der Waals surface area contributed by atoms with Gasteiger partial charge in [-0.3, -0.25) is 0 Å². The van der Waals surface area contributed by atoms with Crippen LogP contribution in [0.5, 0.6) is 0 Å². The maximum Gasteiger partial charge on any atom is -0.0138 e. The van der Waals surface area contributed by atoms with E-state index in [9.17, 15) is 0 Å². The van der Waals surface area contributed by atoms with Gasteiger partial charge < -0.3 is 0 Å². The SMILES string of the molecule is CCCCCC/C=C\CC1CCCC(C2CC=C3CCC4CCC(C5CCC(CCC(C)CCCC)CC5)C5CC2C3C45)C1. The van der Waals surface area contributed by atoms with Gasteiger partial charge in [-0.15, -0.1) is 0 Å². The lowest BCUT2D eigenvalue weighted by molar-refractivity contribution is 0.0237. The van der Waals surface area contributed by atoms with Crippen molar-refractivity contribution in [1.82, 2.24) is 0 Å². The van der Waals surface area contributed by atoms with Gasteiger partial charge in [0.2, 0.25) is 0 Å². The molecule has 6 aliphatic rings. The first-order chi connectivity index (χ1) is 21.7. The van der Waals surface area contributed by atoms with Gasteiger partial charge in [0.15, 0.2) is 0 Å². The third kappa shape index (κ3) is 7.95. The van der Waals surface area contributed by atoms with Crippen LogP contribution in [0.2, 0.25) is 0 Å². The van der Waals surface area contributed by atoms with Gasteiger partial charge in [0.25, 0.3) is 0 Å². The molecule has 0 aromatic carbocycles. The van der Waals surface area contributed by atoms with Gasteiger partial charge in [0, 0.05) is 0 Å². The molecular formula is C44H74. The highest BCUT2D eigenvalue weighted by molar-refractivity contribution is 5.23. The lowest BCUT2D eigenvalue weighted by Gasteiger charge is -2.50. The molecule has 0 N–H and O–H groups in total. The maximum atomic E-state index is 2.86. The molecular weight excluding hydrogens is 528 g/mol. The second-order valence-corrected chi connectivity index (χ2v) is 17.8. The summed E-state index contributed by atoms with van der Waals surface area (Å²) >= 11 is 0. The molecule has 0 bridgehead atoms. The summed E-state index contributed by atoms with van der Waals surface area (Å²) in [4.78, 5) is 0. The summed E-state index contributed by atoms with van der Waals surface area (Å²) in [5.74, 6) is 12.6. The van der Waals surface area contributed by atoms with Crippen molar-refractivity contribution in [2.45, 2.75) is 181 Å². The molecule has 0 radical (unpaired) electrons. The van der Waals surface area contributed by atoms with Crippen LogP contribution in [0.3, 0.4) is 0 Å². The van der Waals surface area contributed by atoms with Gasteiger partial charge >= 0.3 is 0 Å². The van der Waals surface area contributed by atoms with Crippen molar-refractivity contribution in [2.24, 2.45) is 71.0 Å². The summed E-state index contributed by atoms with van der Waals surface area (Å²) in [6.45, 7) is 7.21. The third-order valence-corrected chi connectivity index (χ3v) is 15.2. The van der Waals surface area contributed by atoms with E-state index in [1.165, 1.54) is 96.3 Å². The van der Waals surface area contributed by atoms with E-state index >= 15 is 0 Å². The van der Waals surface area contributed by atoms with Crippen molar-refractivity contribution >= 4 is 0 Å². The highest BCUT2D eigenvalue weighted by Gasteiger charge is 2.58. The standard InChI is InChI=1S/C44H74/c1-4-6-8-9-10-11-12-15-34-16-13-17-38(30-34)40-29-27-37-25-24-36-26-28-39(41-31-42(40)44(37)43(36)41)35-22-20-33(21-23-35)19-18-32(3)14-7-5-2/h11-12,27,32-36,38-44H,4-10,13-26,28-31H2,1-3H3/b12-11-. The Bertz CT molecular complexity index is 901. The number of rotatable bonds is 15. The maximum absolute atomic E-state index is 2.86. The molecule has 0 aromatic rings. The normalized spacial score (nSPS) is 41.0. The van der Waals surface area contributed by atoms with E-state index in [0.29, 0.717) is 0 Å². The van der Waals surface area contributed by atoms with E-state index in [4.69, 9.17) is 0 Å². The van der Waals surface area contributed by atoms with Crippen LogP contribution < -0.4 is 0 Å². The van der Waals surface area contributed by atoms with Crippen molar-refractivity contribution in [3.05, 3.63) is 23.8 Å². The summed E-state index contributed by atoms with van der Waals surface area (Å²) in [7, 11) is 0. The highest BCUT2D eigenvalue weighted by atomic mass is 14.6. The van der Waals surface area contributed by atoms with E-state index in [1.807, 2.05) is 5.57 Å². The van der Waals surface area contributed by atoms with Crippen molar-refractivity contribution in [2.75, 3.05) is 0 Å². The van der Waals surface area contributed by atoms with E-state index in [0.717, 1.165) is 71.0 Å². The summed E-state index contributed by atoms with van der Waals surface area (Å²) in [5, 5.41) is 0. The Hall–Kier alpha value is -0.520. The topological polar surface area (TPSA) is 0 Å². The molecule has 0 amide bonds. The smallest absolute Gasteiger partial charge is 0.0138 e. The average Bonchev–Trinajstić information content (AvgIpc) is 3.47. The van der Waals surface area contributed by atoms with Crippen LogP contribution in [-0.2, 0) is 0 Å². The van der Waals surface area contributed by atoms with E-state index in [2.05, 4.69) is 39.0 Å². The molecule has 0 aromatic heterocycles. The van der Waals surface area contributed by atoms with Crippen LogP contribution in [0, 0.1) is 71.0 Å². The molecule has 0 nitrogen and oxygen atoms in total. The van der Waals surface area contributed by atoms with E-state index in [-0.39, 0.29) is 0 Å². The lowest BCUT2D eigenvalue weighted by Crippen LogP contribution is -2.42. The zero-order chi connectivity index (χ0) is 30.3. The first-order valence-electron chi connectivity index (χ1n) is 21.0. The molecule has 10 unspecified atom stereocenters. The third-order valence-electron chi connectivity index (χ3n) is 15.2. The Labute approximate surface area is 275 Å². The van der Waals surface area contributed by atoms with Crippen LogP contribution in [0.4, 0.5) is 0 Å². The molecule has 5 fully saturated rings. The Morgan fingerprint density at radius 2 is 1.52 bits per heavy atom. The van der Waals surface area contributed by atoms with E-state index in [1.54, 1.807) is 64.2 Å². The number of hydrogen-bond acceptors (Lipinski definition) is 0. The predicted octanol–water partition coefficient (Wildman–Crippen LogP) is 13.8. The van der Waals surface area contributed by atoms with Crippen molar-refractivity contribution in [3.8, 4) is 0 Å². The van der Waals surface area contributed by atoms with Crippen LogP contribution in [0.15, 0.2) is 23.8 Å². The number of allylic oxidation sites excluding steroid dienone is 4. The quantitative estimate of drug-likeness (QED) is 0.129. The highest BCUT2D eigenvalue weighted by Crippen LogP contribution is 2.66. The van der Waals surface area contributed by atoms with Gasteiger partial charge in [0.1, 0.15) is 0 Å². The first kappa shape index (κ1) is 33.4. The fraction of sp³-hybridized carbons (Fsp3) is 0.909. The van der Waals surface area contributed by atoms with E-state index < -0.39 is 0 Å². The van der Waals surface area contributed by atoms with Crippen molar-refractivity contribution in [1.29, 1.82) is 0 Å². The summed E-state index contributed by atoms with van der Waals surface area (Å²) < 4.78 is 0. The van der Waals surface area contributed by atoms with Crippen LogP contribution in [-0.4, -0.2) is 0 Å². The van der Waals surface area contributed by atoms with Crippen LogP contribution in [0.25, 0.3) is 0 Å². The molecule has 6 rings (SSSR count). The second kappa shape index (κ2) is 16.5. The minimum atomic E-state index is 0.961. The molecule has 6 aliphatic carbocycles. The summed E-state index contributed by atoms with van der Waals surface area (Å²) in [6.07, 6.45) is 45.4. The predicted molar refractivity (Wildman–Crippen MR) is 192 cm³/mol. The molecule has 5 saturated carbocycles. The number of hydrogen-bond donors (Lipinski definition) is 0. The molecule has 0 heteroatoms. The summed E-state index contributed by atoms with van der Waals surface area (Å²) in [5.41, 5.74) is 1.98. The Balaban J connectivity index is 1.04. The fourth-order valence-electron chi connectivity index (χ4n) is 12.9. The fourth-order valence-corrected chi connectivity index (χ4v) is 12.9. The van der Waals surface area contributed by atoms with Crippen LogP contribution >= 0.6 is 0 Å². The van der Waals surface area contributed by atoms with Crippen LogP contribution in [0.1, 0.15) is 181 Å². The monoisotopic (exact) mass is 603 g/mol. The number of unbranched alkanes of at least 4 members (excludes halogenated alkanes) is 5. The minimum Gasteiger partial charge on any atom is -0.0885 e. The Kier molecular flexibility index (Phi) is 12.5. The Morgan fingerprint density at radius 1 is 0.682 bits per heavy atom. The lowest BCUT2D eigenvalue weighted by atomic mass is 9.55. The molecule has 0 heterocycles. The van der Waals surface area contributed by atoms with Crippen molar-refractivity contribution in [3.63, 3.8) is 0 Å². The first-order valence-corrected chi connectivity index (χ1v) is 21.0. The zero-order valence-corrected chi connectivity index (χ0v) is 29.8. The molecule has 10 atom stereocenters. The Morgan fingerprint density at radius 3 is 2.36 bits per heavy atom. The second-order valence-electron chi connectivity index (χ2n) is 17.8. The van der Waals surface area contributed by atoms with Gasteiger partial charge in [0.05, 0.1) is 0 Å². The molecule has 0 saturated heterocycles. The largest absolute Gasteiger partial charge is 0.0885 e. The van der Waals surface area contributed by atoms with Gasteiger partial charge in [-0.05, 0) is 148 Å². The van der Waals surface area contributed by atoms with Gasteiger partial charge in [-0.1, -0.05) is 128 Å². The van der Waals surface area contributed by atoms with Gasteiger partial charge in [-0.2, -0.15) is 0 Å². The molecule has 44 heavy (non-hydrogen) atoms. The summed E-state index contributed by atoms with van der Waals surface area (Å²) in [6, 6.07) is 0. The molecule has 0 spiro atoms.